The van der Waals surface area contributed by atoms with Gasteiger partial charge in [-0.1, -0.05) is 30.0 Å². The Morgan fingerprint density at radius 1 is 1.39 bits per heavy atom. The Labute approximate surface area is 113 Å². The molecule has 0 spiro atoms. The second-order valence-corrected chi connectivity index (χ2v) is 5.28. The zero-order valence-corrected chi connectivity index (χ0v) is 11.1. The number of carbonyl (C=O) groups excluding carboxylic acids is 1. The first-order chi connectivity index (χ1) is 8.52. The first kappa shape index (κ1) is 13.2. The number of thiocarbonyl (C=S) groups is 1. The monoisotopic (exact) mass is 285 g/mol. The molecule has 0 N–H and O–H groups in total. The van der Waals surface area contributed by atoms with Crippen LogP contribution in [0.5, 0.6) is 0 Å². The number of likely N-dealkylation sites (N-methyl/N-ethyl adjacent to an activating group) is 1. The number of benzene rings is 1. The minimum atomic E-state index is -0.935. The summed E-state index contributed by atoms with van der Waals surface area (Å²) in [6, 6.07) is 3.49. The van der Waals surface area contributed by atoms with Crippen molar-refractivity contribution in [1.29, 1.82) is 0 Å². The minimum absolute atomic E-state index is 0.197. The second-order valence-electron chi connectivity index (χ2n) is 3.60. The number of hydrogen-bond donors (Lipinski definition) is 0. The molecule has 0 aromatic heterocycles. The van der Waals surface area contributed by atoms with Crippen LogP contribution in [0.15, 0.2) is 23.1 Å². The van der Waals surface area contributed by atoms with Gasteiger partial charge in [0.2, 0.25) is 0 Å². The smallest absolute Gasteiger partial charge is 0.266 e. The van der Waals surface area contributed by atoms with Gasteiger partial charge in [0.25, 0.3) is 5.91 Å². The number of nitrogens with zero attached hydrogens (tertiary/aromatic N) is 1. The van der Waals surface area contributed by atoms with Gasteiger partial charge >= 0.3 is 0 Å². The summed E-state index contributed by atoms with van der Waals surface area (Å²) in [4.78, 5) is 13.8. The number of thioether (sulfide) groups is 1. The lowest BCUT2D eigenvalue weighted by Gasteiger charge is -2.09. The minimum Gasteiger partial charge on any atom is -0.293 e. The largest absolute Gasteiger partial charge is 0.293 e. The lowest BCUT2D eigenvalue weighted by Crippen LogP contribution is -2.27. The van der Waals surface area contributed by atoms with E-state index >= 15 is 0 Å². The van der Waals surface area contributed by atoms with E-state index in [1.54, 1.807) is 0 Å². The Bertz CT molecular complexity index is 557. The maximum absolute atomic E-state index is 13.0. The van der Waals surface area contributed by atoms with Crippen molar-refractivity contribution >= 4 is 40.3 Å². The third kappa shape index (κ3) is 2.44. The molecule has 18 heavy (non-hydrogen) atoms. The van der Waals surface area contributed by atoms with E-state index < -0.39 is 11.6 Å². The molecule has 1 fully saturated rings. The molecule has 0 bridgehead atoms. The van der Waals surface area contributed by atoms with E-state index in [0.29, 0.717) is 21.3 Å². The molecule has 1 aliphatic heterocycles. The summed E-state index contributed by atoms with van der Waals surface area (Å²) in [6.07, 6.45) is 1.51. The zero-order valence-electron chi connectivity index (χ0n) is 9.44. The standard InChI is InChI=1S/C12H9F2NOS2/c1-2-15-11(16)10(18-12(15)17)6-7-3-4-8(13)9(14)5-7/h3-6H,2H2,1H3/b10-6-. The highest BCUT2D eigenvalue weighted by Crippen LogP contribution is 2.32. The predicted octanol–water partition coefficient (Wildman–Crippen LogP) is 3.19. The van der Waals surface area contributed by atoms with Crippen LogP contribution in [0.25, 0.3) is 6.08 Å². The molecular formula is C12H9F2NOS2. The average Bonchev–Trinajstić information content (AvgIpc) is 2.59. The van der Waals surface area contributed by atoms with Gasteiger partial charge in [-0.05, 0) is 30.7 Å². The van der Waals surface area contributed by atoms with Crippen LogP contribution >= 0.6 is 24.0 Å². The maximum atomic E-state index is 13.0. The van der Waals surface area contributed by atoms with Crippen LogP contribution in [0.2, 0.25) is 0 Å². The summed E-state index contributed by atoms with van der Waals surface area (Å²) < 4.78 is 26.3. The van der Waals surface area contributed by atoms with Gasteiger partial charge in [0, 0.05) is 6.54 Å². The van der Waals surface area contributed by atoms with Crippen molar-refractivity contribution in [2.75, 3.05) is 6.54 Å². The Kier molecular flexibility index (Phi) is 3.77. The second kappa shape index (κ2) is 5.16. The van der Waals surface area contributed by atoms with Crippen LogP contribution in [0.1, 0.15) is 12.5 Å². The van der Waals surface area contributed by atoms with E-state index in [1.807, 2.05) is 6.92 Å². The van der Waals surface area contributed by atoms with Crippen molar-refractivity contribution in [2.45, 2.75) is 6.92 Å². The number of carbonyl (C=O) groups is 1. The molecule has 6 heteroatoms. The van der Waals surface area contributed by atoms with Crippen LogP contribution in [0.4, 0.5) is 8.78 Å². The molecule has 1 heterocycles. The molecule has 1 saturated heterocycles. The summed E-state index contributed by atoms with van der Waals surface area (Å²) in [7, 11) is 0. The highest BCUT2D eigenvalue weighted by atomic mass is 32.2. The molecule has 1 aromatic rings. The first-order valence-electron chi connectivity index (χ1n) is 5.23. The van der Waals surface area contributed by atoms with E-state index in [0.717, 1.165) is 23.9 Å². The fraction of sp³-hybridized carbons (Fsp3) is 0.167. The molecule has 0 radical (unpaired) electrons. The number of halogens is 2. The van der Waals surface area contributed by atoms with Gasteiger partial charge < -0.3 is 0 Å². The Morgan fingerprint density at radius 3 is 2.67 bits per heavy atom. The van der Waals surface area contributed by atoms with Crippen LogP contribution < -0.4 is 0 Å². The lowest BCUT2D eigenvalue weighted by atomic mass is 10.2. The van der Waals surface area contributed by atoms with Gasteiger partial charge in [0.05, 0.1) is 4.91 Å². The molecule has 0 aliphatic carbocycles. The molecule has 1 aromatic carbocycles. The summed E-state index contributed by atoms with van der Waals surface area (Å²) in [6.45, 7) is 2.32. The number of hydrogen-bond acceptors (Lipinski definition) is 3. The van der Waals surface area contributed by atoms with Gasteiger partial charge in [0.15, 0.2) is 11.6 Å². The summed E-state index contributed by atoms with van der Waals surface area (Å²) in [5, 5.41) is 0. The van der Waals surface area contributed by atoms with Crippen LogP contribution in [-0.2, 0) is 4.79 Å². The van der Waals surface area contributed by atoms with Gasteiger partial charge in [-0.3, -0.25) is 9.69 Å². The summed E-state index contributed by atoms with van der Waals surface area (Å²) >= 11 is 6.21. The van der Waals surface area contributed by atoms with Crippen LogP contribution in [-0.4, -0.2) is 21.7 Å². The van der Waals surface area contributed by atoms with Crippen molar-refractivity contribution in [2.24, 2.45) is 0 Å². The maximum Gasteiger partial charge on any atom is 0.266 e. The van der Waals surface area contributed by atoms with Gasteiger partial charge in [-0.25, -0.2) is 8.78 Å². The molecule has 2 rings (SSSR count). The van der Waals surface area contributed by atoms with E-state index in [-0.39, 0.29) is 5.91 Å². The normalized spacial score (nSPS) is 17.9. The molecule has 0 saturated carbocycles. The number of amides is 1. The first-order valence-corrected chi connectivity index (χ1v) is 6.46. The quantitative estimate of drug-likeness (QED) is 0.615. The molecule has 2 nitrogen and oxygen atoms in total. The Balaban J connectivity index is 2.32. The summed E-state index contributed by atoms with van der Waals surface area (Å²) in [5.74, 6) is -2.04. The van der Waals surface area contributed by atoms with Gasteiger partial charge in [-0.15, -0.1) is 0 Å². The van der Waals surface area contributed by atoms with E-state index in [2.05, 4.69) is 0 Å². The number of rotatable bonds is 2. The molecule has 1 aliphatic rings. The zero-order chi connectivity index (χ0) is 13.3. The highest BCUT2D eigenvalue weighted by Gasteiger charge is 2.30. The van der Waals surface area contributed by atoms with Gasteiger partial charge in [-0.2, -0.15) is 0 Å². The van der Waals surface area contributed by atoms with Crippen LogP contribution in [0, 0.1) is 11.6 Å². The van der Waals surface area contributed by atoms with Crippen molar-refractivity contribution < 1.29 is 13.6 Å². The van der Waals surface area contributed by atoms with E-state index in [4.69, 9.17) is 12.2 Å². The molecular weight excluding hydrogens is 276 g/mol. The van der Waals surface area contributed by atoms with Crippen LogP contribution in [0.3, 0.4) is 0 Å². The third-order valence-corrected chi connectivity index (χ3v) is 3.81. The molecule has 94 valence electrons. The fourth-order valence-corrected chi connectivity index (χ4v) is 2.91. The van der Waals surface area contributed by atoms with Crippen molar-refractivity contribution in [3.63, 3.8) is 0 Å². The SMILES string of the molecule is CCN1C(=O)/C(=C/c2ccc(F)c(F)c2)SC1=S. The average molecular weight is 285 g/mol. The molecule has 0 atom stereocenters. The Morgan fingerprint density at radius 2 is 2.11 bits per heavy atom. The van der Waals surface area contributed by atoms with Crippen molar-refractivity contribution in [1.82, 2.24) is 4.90 Å². The Hall–Kier alpha value is -1.27. The topological polar surface area (TPSA) is 20.3 Å². The highest BCUT2D eigenvalue weighted by molar-refractivity contribution is 8.26. The van der Waals surface area contributed by atoms with E-state index in [9.17, 15) is 13.6 Å². The third-order valence-electron chi connectivity index (χ3n) is 2.43. The van der Waals surface area contributed by atoms with E-state index in [1.165, 1.54) is 17.0 Å². The summed E-state index contributed by atoms with van der Waals surface area (Å²) in [5.41, 5.74) is 0.436. The predicted molar refractivity (Wildman–Crippen MR) is 71.9 cm³/mol. The fourth-order valence-electron chi connectivity index (χ4n) is 1.53. The molecule has 0 unspecified atom stereocenters. The van der Waals surface area contributed by atoms with Crippen molar-refractivity contribution in [3.8, 4) is 0 Å². The van der Waals surface area contributed by atoms with Crippen molar-refractivity contribution in [3.05, 3.63) is 40.3 Å². The van der Waals surface area contributed by atoms with Gasteiger partial charge in [0.1, 0.15) is 4.32 Å². The molecule has 1 amide bonds. The lowest BCUT2D eigenvalue weighted by molar-refractivity contribution is -0.121.